The molecule has 0 bridgehead atoms. The molecule has 2 rings (SSSR count). The van der Waals surface area contributed by atoms with Crippen LogP contribution in [0.5, 0.6) is 0 Å². The Morgan fingerprint density at radius 1 is 0.607 bits per heavy atom. The number of likely N-dealkylation sites (tertiary alicyclic amines) is 2. The van der Waals surface area contributed by atoms with Crippen LogP contribution in [0.3, 0.4) is 0 Å². The molecule has 2 aliphatic rings. The summed E-state index contributed by atoms with van der Waals surface area (Å²) in [6.45, 7) is 7.30. The van der Waals surface area contributed by atoms with Crippen LogP contribution in [0.4, 0.5) is 0 Å². The second-order valence-corrected chi connectivity index (χ2v) is 9.35. The third kappa shape index (κ3) is 8.91. The Hall–Kier alpha value is -1.14. The molecule has 0 aliphatic carbocycles. The summed E-state index contributed by atoms with van der Waals surface area (Å²) in [4.78, 5) is 23.9. The smallest absolute Gasteiger partial charge is 0.306 e. The molecule has 2 aliphatic heterocycles. The topological polar surface area (TPSA) is 52.6 Å². The maximum absolute atomic E-state index is 11.9. The van der Waals surface area contributed by atoms with E-state index in [4.69, 9.17) is 9.47 Å². The van der Waals surface area contributed by atoms with Crippen LogP contribution in [-0.4, -0.2) is 87.5 Å². The number of carbonyl (C=O) groups excluding carboxylic acids is 2. The van der Waals surface area contributed by atoms with Crippen LogP contribution in [0.15, 0.2) is 0 Å². The minimum Gasteiger partial charge on any atom is -0.460 e. The highest BCUT2D eigenvalue weighted by Crippen LogP contribution is 2.16. The second kappa shape index (κ2) is 11.8. The lowest BCUT2D eigenvalue weighted by molar-refractivity contribution is -0.908. The monoisotopic (exact) mass is 398 g/mol. The van der Waals surface area contributed by atoms with E-state index in [0.29, 0.717) is 13.2 Å². The minimum atomic E-state index is -0.287. The maximum atomic E-state index is 11.9. The number of rotatable bonds is 9. The fourth-order valence-electron chi connectivity index (χ4n) is 4.46. The highest BCUT2D eigenvalue weighted by Gasteiger charge is 2.25. The lowest BCUT2D eigenvalue weighted by Gasteiger charge is -2.33. The zero-order valence-corrected chi connectivity index (χ0v) is 18.3. The van der Waals surface area contributed by atoms with E-state index in [-0.39, 0.29) is 24.8 Å². The van der Waals surface area contributed by atoms with E-state index in [1.807, 2.05) is 0 Å². The Labute approximate surface area is 171 Å². The van der Waals surface area contributed by atoms with Gasteiger partial charge in [0, 0.05) is 0 Å². The van der Waals surface area contributed by atoms with Crippen LogP contribution in [0.1, 0.15) is 64.2 Å². The zero-order chi connectivity index (χ0) is 20.3. The fourth-order valence-corrected chi connectivity index (χ4v) is 4.46. The first-order valence-electron chi connectivity index (χ1n) is 11.4. The predicted octanol–water partition coefficient (Wildman–Crippen LogP) is 2.89. The average Bonchev–Trinajstić information content (AvgIpc) is 3.00. The number of carbonyl (C=O) groups is 2. The zero-order valence-electron chi connectivity index (χ0n) is 18.3. The van der Waals surface area contributed by atoms with Gasteiger partial charge >= 0.3 is 11.9 Å². The van der Waals surface area contributed by atoms with Gasteiger partial charge in [-0.1, -0.05) is 0 Å². The molecule has 0 radical (unpaired) electrons. The molecule has 0 saturated carbocycles. The van der Waals surface area contributed by atoms with Gasteiger partial charge in [-0.05, 0) is 51.4 Å². The molecule has 6 nitrogen and oxygen atoms in total. The van der Waals surface area contributed by atoms with Gasteiger partial charge in [0.1, 0.15) is 26.3 Å². The van der Waals surface area contributed by atoms with Gasteiger partial charge in [-0.25, -0.2) is 0 Å². The van der Waals surface area contributed by atoms with Crippen LogP contribution >= 0.6 is 0 Å². The van der Waals surface area contributed by atoms with Crippen molar-refractivity contribution in [2.24, 2.45) is 0 Å². The summed E-state index contributed by atoms with van der Waals surface area (Å²) in [5.41, 5.74) is 0. The molecule has 0 N–H and O–H groups in total. The van der Waals surface area contributed by atoms with Gasteiger partial charge in [0.2, 0.25) is 0 Å². The number of nitrogens with zero attached hydrogens (tertiary/aromatic N) is 2. The number of hydrogen-bond acceptors (Lipinski definition) is 4. The van der Waals surface area contributed by atoms with Crippen molar-refractivity contribution in [3.8, 4) is 0 Å². The Balaban J connectivity index is 1.54. The van der Waals surface area contributed by atoms with Crippen molar-refractivity contribution in [1.82, 2.24) is 0 Å². The normalized spacial score (nSPS) is 21.9. The summed E-state index contributed by atoms with van der Waals surface area (Å²) in [5.74, 6) is -0.574. The summed E-state index contributed by atoms with van der Waals surface area (Å²) in [5, 5.41) is 0. The fraction of sp³-hybridized carbons (Fsp3) is 0.909. The number of esters is 2. The van der Waals surface area contributed by atoms with Crippen molar-refractivity contribution in [2.45, 2.75) is 64.2 Å². The van der Waals surface area contributed by atoms with Gasteiger partial charge in [-0.2, -0.15) is 0 Å². The number of quaternary nitrogens is 2. The van der Waals surface area contributed by atoms with Crippen molar-refractivity contribution in [3.05, 3.63) is 0 Å². The lowest BCUT2D eigenvalue weighted by atomic mass is 10.2. The summed E-state index contributed by atoms with van der Waals surface area (Å²) < 4.78 is 12.7. The van der Waals surface area contributed by atoms with Gasteiger partial charge in [-0.3, -0.25) is 9.59 Å². The molecule has 6 heteroatoms. The van der Waals surface area contributed by atoms with E-state index in [2.05, 4.69) is 14.1 Å². The first-order valence-corrected chi connectivity index (χ1v) is 11.4. The van der Waals surface area contributed by atoms with Gasteiger partial charge in [0.05, 0.1) is 53.1 Å². The third-order valence-corrected chi connectivity index (χ3v) is 6.61. The summed E-state index contributed by atoms with van der Waals surface area (Å²) in [6, 6.07) is 0. The molecule has 0 amide bonds. The van der Waals surface area contributed by atoms with Crippen molar-refractivity contribution in [2.75, 3.05) is 66.6 Å². The number of hydrogen-bond donors (Lipinski definition) is 0. The van der Waals surface area contributed by atoms with Gasteiger partial charge in [-0.15, -0.1) is 0 Å². The SMILES string of the molecule is C[N+]1(CCOC(=O)CCC(=O)OCC[N+]2(C)CCCCCC2)CCCCCC1. The third-order valence-electron chi connectivity index (χ3n) is 6.61. The first kappa shape index (κ1) is 23.1. The Morgan fingerprint density at radius 2 is 0.929 bits per heavy atom. The highest BCUT2D eigenvalue weighted by molar-refractivity contribution is 5.77. The molecule has 0 atom stereocenters. The molecule has 0 unspecified atom stereocenters. The molecule has 0 spiro atoms. The summed E-state index contributed by atoms with van der Waals surface area (Å²) >= 11 is 0. The van der Waals surface area contributed by atoms with E-state index in [9.17, 15) is 9.59 Å². The van der Waals surface area contributed by atoms with Crippen LogP contribution in [-0.2, 0) is 19.1 Å². The standard InChI is InChI=1S/C22H42N2O4/c1-23(13-7-3-4-8-14-23)17-19-27-21(25)11-12-22(26)28-20-18-24(2)15-9-5-6-10-16-24/h3-20H2,1-2H3/q+2. The average molecular weight is 399 g/mol. The van der Waals surface area contributed by atoms with Crippen LogP contribution < -0.4 is 0 Å². The quantitative estimate of drug-likeness (QED) is 0.443. The largest absolute Gasteiger partial charge is 0.460 e. The van der Waals surface area contributed by atoms with Crippen molar-refractivity contribution in [3.63, 3.8) is 0 Å². The van der Waals surface area contributed by atoms with E-state index < -0.39 is 0 Å². The Morgan fingerprint density at radius 3 is 1.25 bits per heavy atom. The van der Waals surface area contributed by atoms with Gasteiger partial charge in [0.25, 0.3) is 0 Å². The summed E-state index contributed by atoms with van der Waals surface area (Å²) in [6.07, 6.45) is 10.5. The van der Waals surface area contributed by atoms with E-state index in [0.717, 1.165) is 22.1 Å². The number of ether oxygens (including phenoxy) is 2. The Kier molecular flexibility index (Phi) is 9.72. The van der Waals surface area contributed by atoms with E-state index >= 15 is 0 Å². The molecule has 2 saturated heterocycles. The van der Waals surface area contributed by atoms with E-state index in [1.54, 1.807) is 0 Å². The minimum absolute atomic E-state index is 0.120. The van der Waals surface area contributed by atoms with Gasteiger partial charge in [0.15, 0.2) is 0 Å². The molecular weight excluding hydrogens is 356 g/mol. The Bertz CT molecular complexity index is 435. The molecule has 0 aromatic rings. The van der Waals surface area contributed by atoms with E-state index in [1.165, 1.54) is 77.5 Å². The first-order chi connectivity index (χ1) is 13.4. The maximum Gasteiger partial charge on any atom is 0.306 e. The van der Waals surface area contributed by atoms with Crippen molar-refractivity contribution in [1.29, 1.82) is 0 Å². The molecule has 162 valence electrons. The molecule has 0 aromatic heterocycles. The molecule has 28 heavy (non-hydrogen) atoms. The van der Waals surface area contributed by atoms with Crippen molar-refractivity contribution >= 4 is 11.9 Å². The molecular formula is C22H42N2O4+2. The number of likely N-dealkylation sites (N-methyl/N-ethyl adjacent to an activating group) is 2. The molecule has 0 aromatic carbocycles. The lowest BCUT2D eigenvalue weighted by Crippen LogP contribution is -2.47. The van der Waals surface area contributed by atoms with Gasteiger partial charge < -0.3 is 18.4 Å². The molecule has 2 fully saturated rings. The highest BCUT2D eigenvalue weighted by atomic mass is 16.5. The second-order valence-electron chi connectivity index (χ2n) is 9.35. The molecule has 2 heterocycles. The van der Waals surface area contributed by atoms with Crippen molar-refractivity contribution < 1.29 is 28.0 Å². The van der Waals surface area contributed by atoms with Crippen LogP contribution in [0.25, 0.3) is 0 Å². The van der Waals surface area contributed by atoms with Crippen LogP contribution in [0.2, 0.25) is 0 Å². The van der Waals surface area contributed by atoms with Crippen LogP contribution in [0, 0.1) is 0 Å². The summed E-state index contributed by atoms with van der Waals surface area (Å²) in [7, 11) is 4.51. The predicted molar refractivity (Wildman–Crippen MR) is 110 cm³/mol.